The van der Waals surface area contributed by atoms with E-state index < -0.39 is 12.0 Å². The van der Waals surface area contributed by atoms with Gasteiger partial charge in [0.2, 0.25) is 0 Å². The van der Waals surface area contributed by atoms with E-state index in [2.05, 4.69) is 9.97 Å². The Morgan fingerprint density at radius 3 is 3.00 bits per heavy atom. The summed E-state index contributed by atoms with van der Waals surface area (Å²) in [7, 11) is 0. The molecule has 1 aromatic rings. The Bertz CT molecular complexity index is 269. The van der Waals surface area contributed by atoms with Crippen molar-refractivity contribution in [3.8, 4) is 6.01 Å². The van der Waals surface area contributed by atoms with Crippen LogP contribution in [0, 0.1) is 0 Å². The van der Waals surface area contributed by atoms with Crippen LogP contribution in [0.15, 0.2) is 6.20 Å². The number of carbonyl (C=O) groups excluding carboxylic acids is 1. The Kier molecular flexibility index (Phi) is 2.68. The first kappa shape index (κ1) is 8.58. The highest BCUT2D eigenvalue weighted by atomic mass is 16.5. The molecule has 1 rings (SSSR count). The van der Waals surface area contributed by atoms with Crippen LogP contribution in [0.1, 0.15) is 23.8 Å². The fourth-order valence-corrected chi connectivity index (χ4v) is 0.677. The van der Waals surface area contributed by atoms with Crippen molar-refractivity contribution in [2.75, 3.05) is 6.61 Å². The molecular weight excluding hydrogens is 160 g/mol. The van der Waals surface area contributed by atoms with E-state index in [4.69, 9.17) is 4.74 Å². The monoisotopic (exact) mass is 169 g/mol. The summed E-state index contributed by atoms with van der Waals surface area (Å²) in [6.07, 6.45) is 1.99. The van der Waals surface area contributed by atoms with Crippen LogP contribution in [-0.4, -0.2) is 22.5 Å². The van der Waals surface area contributed by atoms with E-state index >= 15 is 0 Å². The van der Waals surface area contributed by atoms with Gasteiger partial charge >= 0.3 is 12.0 Å². The molecule has 5 nitrogen and oxygen atoms in total. The smallest absolute Gasteiger partial charge is 0.358 e. The third-order valence-electron chi connectivity index (χ3n) is 1.20. The van der Waals surface area contributed by atoms with E-state index in [1.807, 2.05) is 6.92 Å². The Morgan fingerprint density at radius 2 is 2.50 bits per heavy atom. The SMILES string of the molecule is CCCOC(=O)c1c[nH]c([O])n1. The Balaban J connectivity index is 2.53. The zero-order chi connectivity index (χ0) is 8.97. The molecule has 0 saturated carbocycles. The standard InChI is InChI=1S/C7H9N2O3/c1-2-3-12-6(10)5-4-8-7(11)9-5/h4H,2-3H2,1H3,(H,8,9). The van der Waals surface area contributed by atoms with E-state index in [1.54, 1.807) is 0 Å². The number of hydrogen-bond donors (Lipinski definition) is 1. The summed E-state index contributed by atoms with van der Waals surface area (Å²) in [5.41, 5.74) is 0.0356. The quantitative estimate of drug-likeness (QED) is 0.689. The second-order valence-electron chi connectivity index (χ2n) is 2.23. The maximum Gasteiger partial charge on any atom is 0.358 e. The number of carbonyl (C=O) groups is 1. The van der Waals surface area contributed by atoms with E-state index in [-0.39, 0.29) is 5.69 Å². The predicted octanol–water partition coefficient (Wildman–Crippen LogP) is 1.12. The third-order valence-corrected chi connectivity index (χ3v) is 1.20. The van der Waals surface area contributed by atoms with E-state index in [9.17, 15) is 9.90 Å². The van der Waals surface area contributed by atoms with Crippen LogP contribution in [0.3, 0.4) is 0 Å². The average Bonchev–Trinajstić information content (AvgIpc) is 2.47. The number of nitrogens with one attached hydrogen (secondary N) is 1. The van der Waals surface area contributed by atoms with Crippen molar-refractivity contribution >= 4 is 5.97 Å². The van der Waals surface area contributed by atoms with Crippen molar-refractivity contribution in [1.29, 1.82) is 0 Å². The maximum absolute atomic E-state index is 11.0. The Labute approximate surface area is 69.4 Å². The third kappa shape index (κ3) is 1.98. The molecule has 0 spiro atoms. The van der Waals surface area contributed by atoms with Crippen molar-refractivity contribution in [3.05, 3.63) is 11.9 Å². The zero-order valence-electron chi connectivity index (χ0n) is 6.66. The highest BCUT2D eigenvalue weighted by Gasteiger charge is 2.10. The van der Waals surface area contributed by atoms with E-state index in [0.29, 0.717) is 6.61 Å². The van der Waals surface area contributed by atoms with Crippen molar-refractivity contribution in [3.63, 3.8) is 0 Å². The van der Waals surface area contributed by atoms with Gasteiger partial charge in [-0.25, -0.2) is 9.90 Å². The number of aromatic nitrogens is 2. The number of nitrogens with zero attached hydrogens (tertiary/aromatic N) is 1. The van der Waals surface area contributed by atoms with Crippen LogP contribution in [0.25, 0.3) is 0 Å². The molecule has 12 heavy (non-hydrogen) atoms. The van der Waals surface area contributed by atoms with Crippen molar-refractivity contribution in [2.24, 2.45) is 0 Å². The molecule has 0 aliphatic carbocycles. The first-order chi connectivity index (χ1) is 5.74. The summed E-state index contributed by atoms with van der Waals surface area (Å²) in [4.78, 5) is 16.6. The fraction of sp³-hybridized carbons (Fsp3) is 0.429. The number of aromatic amines is 1. The average molecular weight is 169 g/mol. The van der Waals surface area contributed by atoms with Crippen LogP contribution < -0.4 is 0 Å². The molecule has 0 atom stereocenters. The van der Waals surface area contributed by atoms with Gasteiger partial charge in [-0.05, 0) is 6.42 Å². The molecule has 65 valence electrons. The first-order valence-electron chi connectivity index (χ1n) is 3.63. The summed E-state index contributed by atoms with van der Waals surface area (Å²) in [5.74, 6) is -0.560. The molecule has 0 aromatic carbocycles. The van der Waals surface area contributed by atoms with Gasteiger partial charge in [0.25, 0.3) is 0 Å². The highest BCUT2D eigenvalue weighted by molar-refractivity contribution is 5.87. The van der Waals surface area contributed by atoms with Gasteiger partial charge < -0.3 is 9.72 Å². The molecular formula is C7H9N2O3. The molecule has 0 saturated heterocycles. The molecule has 1 N–H and O–H groups in total. The second-order valence-corrected chi connectivity index (χ2v) is 2.23. The van der Waals surface area contributed by atoms with Gasteiger partial charge in [0.1, 0.15) is 0 Å². The fourth-order valence-electron chi connectivity index (χ4n) is 0.677. The largest absolute Gasteiger partial charge is 0.461 e. The lowest BCUT2D eigenvalue weighted by atomic mass is 10.5. The Hall–Kier alpha value is -1.52. The van der Waals surface area contributed by atoms with Crippen LogP contribution in [0.5, 0.6) is 6.01 Å². The zero-order valence-corrected chi connectivity index (χ0v) is 6.66. The van der Waals surface area contributed by atoms with Gasteiger partial charge in [-0.1, -0.05) is 6.92 Å². The first-order valence-corrected chi connectivity index (χ1v) is 3.63. The van der Waals surface area contributed by atoms with Crippen molar-refractivity contribution < 1.29 is 14.6 Å². The number of ether oxygens (including phenoxy) is 1. The molecule has 0 aliphatic heterocycles. The van der Waals surface area contributed by atoms with Crippen LogP contribution in [0.4, 0.5) is 0 Å². The highest BCUT2D eigenvalue weighted by Crippen LogP contribution is 2.04. The van der Waals surface area contributed by atoms with Gasteiger partial charge in [0.05, 0.1) is 6.61 Å². The molecule has 0 aliphatic rings. The number of esters is 1. The lowest BCUT2D eigenvalue weighted by molar-refractivity contribution is 0.0498. The lowest BCUT2D eigenvalue weighted by Crippen LogP contribution is -2.05. The molecule has 1 aromatic heterocycles. The molecule has 5 heteroatoms. The van der Waals surface area contributed by atoms with E-state index in [0.717, 1.165) is 6.42 Å². The van der Waals surface area contributed by atoms with Crippen molar-refractivity contribution in [2.45, 2.75) is 13.3 Å². The van der Waals surface area contributed by atoms with Gasteiger partial charge in [-0.15, -0.1) is 0 Å². The Morgan fingerprint density at radius 1 is 1.75 bits per heavy atom. The number of H-pyrrole nitrogens is 1. The van der Waals surface area contributed by atoms with Crippen LogP contribution in [0.2, 0.25) is 0 Å². The summed E-state index contributed by atoms with van der Waals surface area (Å²) in [6, 6.07) is -0.529. The molecule has 0 bridgehead atoms. The van der Waals surface area contributed by atoms with Gasteiger partial charge in [-0.2, -0.15) is 4.98 Å². The number of imidazole rings is 1. The normalized spacial score (nSPS) is 9.75. The number of hydrogen-bond acceptors (Lipinski definition) is 3. The summed E-state index contributed by atoms with van der Waals surface area (Å²) in [5, 5.41) is 10.5. The molecule has 1 heterocycles. The minimum Gasteiger partial charge on any atom is -0.461 e. The summed E-state index contributed by atoms with van der Waals surface area (Å²) in [6.45, 7) is 2.23. The lowest BCUT2D eigenvalue weighted by Gasteiger charge is -1.97. The van der Waals surface area contributed by atoms with Crippen LogP contribution >= 0.6 is 0 Å². The molecule has 1 radical (unpaired) electrons. The molecule has 0 amide bonds. The topological polar surface area (TPSA) is 74.9 Å². The predicted molar refractivity (Wildman–Crippen MR) is 39.3 cm³/mol. The van der Waals surface area contributed by atoms with Crippen molar-refractivity contribution in [1.82, 2.24) is 9.97 Å². The van der Waals surface area contributed by atoms with Gasteiger partial charge in [-0.3, -0.25) is 0 Å². The second kappa shape index (κ2) is 3.75. The van der Waals surface area contributed by atoms with Crippen LogP contribution in [-0.2, 0) is 9.84 Å². The maximum atomic E-state index is 11.0. The van der Waals surface area contributed by atoms with E-state index in [1.165, 1.54) is 6.20 Å². The summed E-state index contributed by atoms with van der Waals surface area (Å²) >= 11 is 0. The van der Waals surface area contributed by atoms with Gasteiger partial charge in [0, 0.05) is 6.20 Å². The molecule has 0 unspecified atom stereocenters. The minimum atomic E-state index is -0.560. The number of rotatable bonds is 3. The minimum absolute atomic E-state index is 0.0356. The summed E-state index contributed by atoms with van der Waals surface area (Å²) < 4.78 is 4.73. The molecule has 0 fully saturated rings. The van der Waals surface area contributed by atoms with Gasteiger partial charge in [0.15, 0.2) is 5.69 Å².